The van der Waals surface area contributed by atoms with Gasteiger partial charge in [-0.2, -0.15) is 5.10 Å². The fourth-order valence-corrected chi connectivity index (χ4v) is 3.53. The molecule has 3 N–H and O–H groups in total. The number of non-ortho nitro benzene ring substituents is 1. The third kappa shape index (κ3) is 6.92. The number of nitrogens with zero attached hydrogens (tertiary/aromatic N) is 2. The summed E-state index contributed by atoms with van der Waals surface area (Å²) in [5, 5.41) is 27.6. The lowest BCUT2D eigenvalue weighted by atomic mass is 10.1. The molecule has 0 radical (unpaired) electrons. The van der Waals surface area contributed by atoms with Crippen molar-refractivity contribution in [2.24, 2.45) is 5.10 Å². The lowest BCUT2D eigenvalue weighted by Gasteiger charge is -2.11. The summed E-state index contributed by atoms with van der Waals surface area (Å²) in [6.45, 7) is 0. The summed E-state index contributed by atoms with van der Waals surface area (Å²) in [5.41, 5.74) is 2.55. The predicted molar refractivity (Wildman–Crippen MR) is 140 cm³/mol. The van der Waals surface area contributed by atoms with Gasteiger partial charge in [0.05, 0.1) is 29.8 Å². The number of nitro benzene ring substituents is 1. The Morgan fingerprint density at radius 3 is 2.43 bits per heavy atom. The molecule has 2 amide bonds. The number of carbonyl (C=O) groups excluding carboxylic acids is 2. The molecule has 0 aliphatic carbocycles. The number of nitrogens with one attached hydrogen (secondary N) is 2. The van der Waals surface area contributed by atoms with E-state index in [4.69, 9.17) is 9.47 Å². The molecule has 3 aromatic carbocycles. The van der Waals surface area contributed by atoms with Crippen molar-refractivity contribution < 1.29 is 29.1 Å². The molecule has 0 spiro atoms. The number of phenols is 1. The van der Waals surface area contributed by atoms with Gasteiger partial charge in [-0.25, -0.2) is 5.43 Å². The second-order valence-corrected chi connectivity index (χ2v) is 8.16. The van der Waals surface area contributed by atoms with Crippen LogP contribution in [0.2, 0.25) is 0 Å². The minimum atomic E-state index is -0.803. The summed E-state index contributed by atoms with van der Waals surface area (Å²) in [6.07, 6.45) is 2.43. The van der Waals surface area contributed by atoms with Gasteiger partial charge < -0.3 is 19.9 Å². The van der Waals surface area contributed by atoms with Crippen molar-refractivity contribution in [1.82, 2.24) is 10.7 Å². The van der Waals surface area contributed by atoms with E-state index < -0.39 is 16.7 Å². The van der Waals surface area contributed by atoms with Crippen molar-refractivity contribution in [1.29, 1.82) is 0 Å². The quantitative estimate of drug-likeness (QED) is 0.152. The molecule has 3 rings (SSSR count). The van der Waals surface area contributed by atoms with Gasteiger partial charge in [-0.3, -0.25) is 19.7 Å². The Hall–Kier alpha value is -4.71. The van der Waals surface area contributed by atoms with Gasteiger partial charge in [0, 0.05) is 34.9 Å². The molecular formula is C25H21BrN4O7. The van der Waals surface area contributed by atoms with E-state index in [1.165, 1.54) is 20.3 Å². The Kier molecular flexibility index (Phi) is 8.95. The molecule has 11 nitrogen and oxygen atoms in total. The zero-order valence-corrected chi connectivity index (χ0v) is 21.2. The Balaban J connectivity index is 1.92. The standard InChI is InChI=1S/C25H21BrN4O7/c1-36-19-9-8-16(22(13-19)37-2)11-21(28-24(32)15-6-4-3-5-7-15)25(33)29-27-14-17-10-18(30(34)35)12-20(26)23(17)31/h3-14,31H,1-2H3,(H,28,32)(H,29,33)/b21-11+,27-14-. The Morgan fingerprint density at radius 2 is 1.78 bits per heavy atom. The summed E-state index contributed by atoms with van der Waals surface area (Å²) >= 11 is 3.04. The molecule has 0 aliphatic rings. The van der Waals surface area contributed by atoms with Crippen LogP contribution in [0.1, 0.15) is 21.5 Å². The van der Waals surface area contributed by atoms with E-state index in [1.54, 1.807) is 48.5 Å². The van der Waals surface area contributed by atoms with Crippen LogP contribution in [0.4, 0.5) is 5.69 Å². The van der Waals surface area contributed by atoms with Gasteiger partial charge in [0.25, 0.3) is 17.5 Å². The number of amides is 2. The van der Waals surface area contributed by atoms with Crippen LogP contribution in [-0.2, 0) is 4.79 Å². The molecule has 0 heterocycles. The number of hydrogen-bond donors (Lipinski definition) is 3. The molecule has 0 bridgehead atoms. The van der Waals surface area contributed by atoms with E-state index in [-0.39, 0.29) is 27.2 Å². The minimum Gasteiger partial charge on any atom is -0.506 e. The summed E-state index contributed by atoms with van der Waals surface area (Å²) in [7, 11) is 2.95. The van der Waals surface area contributed by atoms with E-state index in [0.717, 1.165) is 18.3 Å². The number of hydrogen-bond acceptors (Lipinski definition) is 8. The zero-order valence-electron chi connectivity index (χ0n) is 19.6. The molecule has 190 valence electrons. The average molecular weight is 569 g/mol. The second-order valence-electron chi connectivity index (χ2n) is 7.31. The lowest BCUT2D eigenvalue weighted by molar-refractivity contribution is -0.385. The SMILES string of the molecule is COc1ccc(/C=C(/NC(=O)c2ccccc2)C(=O)N/N=C\c2cc([N+](=O)[O-])cc(Br)c2O)c(OC)c1. The number of hydrazone groups is 1. The first kappa shape index (κ1) is 26.9. The van der Waals surface area contributed by atoms with Crippen LogP contribution in [-0.4, -0.2) is 42.3 Å². The third-order valence-electron chi connectivity index (χ3n) is 4.93. The fraction of sp³-hybridized carbons (Fsp3) is 0.0800. The second kappa shape index (κ2) is 12.3. The van der Waals surface area contributed by atoms with Crippen molar-refractivity contribution in [3.8, 4) is 17.2 Å². The van der Waals surface area contributed by atoms with E-state index >= 15 is 0 Å². The van der Waals surface area contributed by atoms with Crippen LogP contribution in [0.5, 0.6) is 17.2 Å². The maximum absolute atomic E-state index is 13.0. The molecule has 3 aromatic rings. The van der Waals surface area contributed by atoms with Crippen molar-refractivity contribution in [3.63, 3.8) is 0 Å². The molecule has 0 fully saturated rings. The first-order chi connectivity index (χ1) is 17.7. The highest BCUT2D eigenvalue weighted by Crippen LogP contribution is 2.31. The third-order valence-corrected chi connectivity index (χ3v) is 5.53. The number of methoxy groups -OCH3 is 2. The maximum Gasteiger partial charge on any atom is 0.287 e. The number of ether oxygens (including phenoxy) is 2. The number of nitro groups is 1. The number of carbonyl (C=O) groups is 2. The van der Waals surface area contributed by atoms with Crippen LogP contribution >= 0.6 is 15.9 Å². The Labute approximate surface area is 219 Å². The summed E-state index contributed by atoms with van der Waals surface area (Å²) in [4.78, 5) is 36.2. The van der Waals surface area contributed by atoms with Crippen molar-refractivity contribution in [3.05, 3.63) is 97.6 Å². The van der Waals surface area contributed by atoms with Crippen molar-refractivity contribution in [2.45, 2.75) is 0 Å². The molecule has 0 saturated carbocycles. The van der Waals surface area contributed by atoms with Gasteiger partial charge in [-0.15, -0.1) is 0 Å². The first-order valence-corrected chi connectivity index (χ1v) is 11.3. The van der Waals surface area contributed by atoms with Crippen LogP contribution < -0.4 is 20.2 Å². The first-order valence-electron chi connectivity index (χ1n) is 10.5. The highest BCUT2D eigenvalue weighted by Gasteiger charge is 2.17. The van der Waals surface area contributed by atoms with Gasteiger partial charge in [0.2, 0.25) is 0 Å². The van der Waals surface area contributed by atoms with Crippen LogP contribution in [0, 0.1) is 10.1 Å². The lowest BCUT2D eigenvalue weighted by Crippen LogP contribution is -2.32. The van der Waals surface area contributed by atoms with E-state index in [2.05, 4.69) is 31.8 Å². The molecule has 0 aliphatic heterocycles. The Morgan fingerprint density at radius 1 is 1.05 bits per heavy atom. The van der Waals surface area contributed by atoms with Crippen LogP contribution in [0.25, 0.3) is 6.08 Å². The topological polar surface area (TPSA) is 152 Å². The number of aromatic hydroxyl groups is 1. The predicted octanol–water partition coefficient (Wildman–Crippen LogP) is 4.00. The average Bonchev–Trinajstić information content (AvgIpc) is 2.90. The van der Waals surface area contributed by atoms with Crippen LogP contribution in [0.15, 0.2) is 75.9 Å². The van der Waals surface area contributed by atoms with Gasteiger partial charge in [0.1, 0.15) is 22.9 Å². The summed E-state index contributed by atoms with van der Waals surface area (Å²) in [5.74, 6) is -0.741. The number of phenolic OH excluding ortho intramolecular Hbond substituents is 1. The van der Waals surface area contributed by atoms with E-state index in [1.807, 2.05) is 0 Å². The fourth-order valence-electron chi connectivity index (χ4n) is 3.07. The van der Waals surface area contributed by atoms with Gasteiger partial charge >= 0.3 is 0 Å². The number of rotatable bonds is 9. The van der Waals surface area contributed by atoms with E-state index in [0.29, 0.717) is 22.6 Å². The number of benzene rings is 3. The molecule has 37 heavy (non-hydrogen) atoms. The Bertz CT molecular complexity index is 1390. The van der Waals surface area contributed by atoms with Gasteiger partial charge in [-0.1, -0.05) is 18.2 Å². The molecule has 0 unspecified atom stereocenters. The minimum absolute atomic E-state index is 0.0166. The molecular weight excluding hydrogens is 548 g/mol. The number of halogens is 1. The largest absolute Gasteiger partial charge is 0.506 e. The van der Waals surface area contributed by atoms with Gasteiger partial charge in [0.15, 0.2) is 0 Å². The monoisotopic (exact) mass is 568 g/mol. The molecule has 0 aromatic heterocycles. The highest BCUT2D eigenvalue weighted by atomic mass is 79.9. The van der Waals surface area contributed by atoms with Gasteiger partial charge in [-0.05, 0) is 46.3 Å². The smallest absolute Gasteiger partial charge is 0.287 e. The molecule has 0 atom stereocenters. The molecule has 12 heteroatoms. The zero-order chi connectivity index (χ0) is 26.9. The highest BCUT2D eigenvalue weighted by molar-refractivity contribution is 9.10. The van der Waals surface area contributed by atoms with Crippen LogP contribution in [0.3, 0.4) is 0 Å². The van der Waals surface area contributed by atoms with Crippen molar-refractivity contribution in [2.75, 3.05) is 14.2 Å². The van der Waals surface area contributed by atoms with E-state index in [9.17, 15) is 24.8 Å². The molecule has 0 saturated heterocycles. The maximum atomic E-state index is 13.0. The van der Waals surface area contributed by atoms with Crippen molar-refractivity contribution >= 4 is 45.7 Å². The summed E-state index contributed by atoms with van der Waals surface area (Å²) < 4.78 is 10.6. The normalized spacial score (nSPS) is 11.2. The summed E-state index contributed by atoms with van der Waals surface area (Å²) in [6, 6.07) is 15.4.